The Kier molecular flexibility index (Phi) is 6.46. The zero-order valence-corrected chi connectivity index (χ0v) is 22.8. The van der Waals surface area contributed by atoms with E-state index in [1.165, 1.54) is 27.8 Å². The van der Waals surface area contributed by atoms with Crippen molar-refractivity contribution in [3.63, 3.8) is 0 Å². The van der Waals surface area contributed by atoms with E-state index < -0.39 is 15.6 Å². The molecule has 6 rings (SSSR count). The average Bonchev–Trinajstić information content (AvgIpc) is 3.69. The number of benzene rings is 2. The van der Waals surface area contributed by atoms with Crippen LogP contribution in [0.5, 0.6) is 0 Å². The van der Waals surface area contributed by atoms with Crippen LogP contribution >= 0.6 is 0 Å². The van der Waals surface area contributed by atoms with Crippen LogP contribution in [0.25, 0.3) is 16.7 Å². The Labute approximate surface area is 231 Å². The molecule has 2 fully saturated rings. The normalized spacial score (nSPS) is 17.2. The second-order valence-electron chi connectivity index (χ2n) is 10.8. The number of hydrogen-bond acceptors (Lipinski definition) is 7. The first-order chi connectivity index (χ1) is 19.1. The van der Waals surface area contributed by atoms with Gasteiger partial charge in [0.25, 0.3) is 15.6 Å². The van der Waals surface area contributed by atoms with Crippen molar-refractivity contribution in [1.29, 1.82) is 0 Å². The van der Waals surface area contributed by atoms with Gasteiger partial charge in [0, 0.05) is 24.7 Å². The van der Waals surface area contributed by atoms with Gasteiger partial charge in [0.2, 0.25) is 5.91 Å². The number of aryl methyl sites for hydroxylation is 1. The number of nitrogens with one attached hydrogen (secondary N) is 1. The number of aliphatic hydroxyl groups is 1. The van der Waals surface area contributed by atoms with Crippen LogP contribution in [-0.4, -0.2) is 62.4 Å². The van der Waals surface area contributed by atoms with Gasteiger partial charge in [0.1, 0.15) is 11.7 Å². The van der Waals surface area contributed by atoms with Gasteiger partial charge in [-0.05, 0) is 74.6 Å². The third-order valence-corrected chi connectivity index (χ3v) is 8.99. The number of aromatic nitrogens is 4. The lowest BCUT2D eigenvalue weighted by Gasteiger charge is -2.38. The molecule has 0 radical (unpaired) electrons. The summed E-state index contributed by atoms with van der Waals surface area (Å²) in [6.07, 6.45) is 5.55. The number of likely N-dealkylation sites (tertiary alicyclic amines) is 1. The van der Waals surface area contributed by atoms with Crippen molar-refractivity contribution in [1.82, 2.24) is 24.2 Å². The molecule has 1 aliphatic heterocycles. The fourth-order valence-corrected chi connectivity index (χ4v) is 6.29. The fourth-order valence-electron chi connectivity index (χ4n) is 5.12. The van der Waals surface area contributed by atoms with Crippen molar-refractivity contribution in [2.75, 3.05) is 17.8 Å². The molecule has 4 aromatic rings. The van der Waals surface area contributed by atoms with Crippen molar-refractivity contribution in [3.05, 3.63) is 77.0 Å². The monoisotopic (exact) mass is 562 g/mol. The lowest BCUT2D eigenvalue weighted by atomic mass is 9.91. The third-order valence-electron chi connectivity index (χ3n) is 7.62. The van der Waals surface area contributed by atoms with Gasteiger partial charge < -0.3 is 10.0 Å². The summed E-state index contributed by atoms with van der Waals surface area (Å²) in [5.41, 5.74) is 0.765. The minimum atomic E-state index is -3.74. The van der Waals surface area contributed by atoms with E-state index in [1.54, 1.807) is 36.4 Å². The predicted octanol–water partition coefficient (Wildman–Crippen LogP) is 2.45. The standard InChI is InChI=1S/C28H30N6O5S/c1-19-3-2-4-23(15-19)40(38,39)31-21-7-9-22(10-8-21)34-25-24(16-30-34)27(36)33(18-29-25)17-28(37)11-13-32(14-12-28)26(35)20-5-6-20/h2-4,7-10,15-16,18,20,31,37H,5-6,11-14,17H2,1H3. The van der Waals surface area contributed by atoms with Gasteiger partial charge in [-0.2, -0.15) is 5.10 Å². The van der Waals surface area contributed by atoms with E-state index in [1.807, 2.05) is 17.9 Å². The maximum Gasteiger partial charge on any atom is 0.264 e. The van der Waals surface area contributed by atoms with Crippen molar-refractivity contribution in [3.8, 4) is 5.69 Å². The van der Waals surface area contributed by atoms with Crippen LogP contribution in [0.2, 0.25) is 0 Å². The highest BCUT2D eigenvalue weighted by Crippen LogP contribution is 2.33. The van der Waals surface area contributed by atoms with Crippen molar-refractivity contribution in [2.24, 2.45) is 5.92 Å². The molecule has 1 amide bonds. The summed E-state index contributed by atoms with van der Waals surface area (Å²) in [5, 5.41) is 15.8. The third kappa shape index (κ3) is 5.11. The van der Waals surface area contributed by atoms with Crippen LogP contribution in [0.1, 0.15) is 31.2 Å². The van der Waals surface area contributed by atoms with Gasteiger partial charge >= 0.3 is 0 Å². The van der Waals surface area contributed by atoms with Crippen molar-refractivity contribution >= 4 is 32.7 Å². The van der Waals surface area contributed by atoms with Gasteiger partial charge in [-0.15, -0.1) is 0 Å². The van der Waals surface area contributed by atoms with Crippen LogP contribution in [0.15, 0.2) is 70.7 Å². The number of fused-ring (bicyclic) bond motifs is 1. The lowest BCUT2D eigenvalue weighted by Crippen LogP contribution is -2.50. The Morgan fingerprint density at radius 2 is 1.85 bits per heavy atom. The number of rotatable bonds is 7. The van der Waals surface area contributed by atoms with Crippen molar-refractivity contribution in [2.45, 2.75) is 49.6 Å². The molecule has 40 heavy (non-hydrogen) atoms. The predicted molar refractivity (Wildman–Crippen MR) is 149 cm³/mol. The van der Waals surface area contributed by atoms with E-state index in [0.29, 0.717) is 48.3 Å². The summed E-state index contributed by atoms with van der Waals surface area (Å²) >= 11 is 0. The molecular formula is C28H30N6O5S. The Balaban J connectivity index is 1.17. The molecule has 12 heteroatoms. The Hall–Kier alpha value is -4.03. The molecule has 208 valence electrons. The fraction of sp³-hybridized carbons (Fsp3) is 0.357. The molecule has 2 aliphatic rings. The number of nitrogens with zero attached hydrogens (tertiary/aromatic N) is 5. The molecular weight excluding hydrogens is 532 g/mol. The molecule has 1 saturated carbocycles. The Morgan fingerprint density at radius 3 is 2.52 bits per heavy atom. The molecule has 0 unspecified atom stereocenters. The zero-order valence-electron chi connectivity index (χ0n) is 22.0. The molecule has 0 bridgehead atoms. The van der Waals surface area contributed by atoms with Crippen LogP contribution in [0.3, 0.4) is 0 Å². The molecule has 0 atom stereocenters. The van der Waals surface area contributed by atoms with E-state index in [9.17, 15) is 23.1 Å². The molecule has 3 heterocycles. The Bertz CT molecular complexity index is 1750. The number of amides is 1. The Morgan fingerprint density at radius 1 is 1.12 bits per heavy atom. The van der Waals surface area contributed by atoms with Crippen LogP contribution in [0, 0.1) is 12.8 Å². The maximum atomic E-state index is 13.2. The van der Waals surface area contributed by atoms with Gasteiger partial charge in [0.05, 0.1) is 28.9 Å². The topological polar surface area (TPSA) is 139 Å². The number of carbonyl (C=O) groups is 1. The zero-order chi connectivity index (χ0) is 28.1. The minimum Gasteiger partial charge on any atom is -0.388 e. The second kappa shape index (κ2) is 9.86. The maximum absolute atomic E-state index is 13.2. The SMILES string of the molecule is Cc1cccc(S(=O)(=O)Nc2ccc(-n3ncc4c(=O)n(CC5(O)CCN(C(=O)C6CC6)CC5)cnc43)cc2)c1. The highest BCUT2D eigenvalue weighted by Gasteiger charge is 2.39. The second-order valence-corrected chi connectivity index (χ2v) is 12.4. The molecule has 2 N–H and O–H groups in total. The summed E-state index contributed by atoms with van der Waals surface area (Å²) in [5.74, 6) is 0.322. The van der Waals surface area contributed by atoms with E-state index in [2.05, 4.69) is 14.8 Å². The summed E-state index contributed by atoms with van der Waals surface area (Å²) in [7, 11) is -3.74. The molecule has 2 aromatic carbocycles. The first kappa shape index (κ1) is 26.2. The highest BCUT2D eigenvalue weighted by atomic mass is 32.2. The molecule has 11 nitrogen and oxygen atoms in total. The van der Waals surface area contributed by atoms with Crippen LogP contribution in [-0.2, 0) is 21.4 Å². The summed E-state index contributed by atoms with van der Waals surface area (Å²) in [6, 6.07) is 13.3. The largest absolute Gasteiger partial charge is 0.388 e. The highest BCUT2D eigenvalue weighted by molar-refractivity contribution is 7.92. The number of anilines is 1. The van der Waals surface area contributed by atoms with E-state index in [-0.39, 0.29) is 28.8 Å². The lowest BCUT2D eigenvalue weighted by molar-refractivity contribution is -0.137. The van der Waals surface area contributed by atoms with Gasteiger partial charge in [-0.3, -0.25) is 18.9 Å². The number of carbonyl (C=O) groups excluding carboxylic acids is 1. The molecule has 2 aromatic heterocycles. The first-order valence-corrected chi connectivity index (χ1v) is 14.7. The number of piperidine rings is 1. The van der Waals surface area contributed by atoms with Gasteiger partial charge in [-0.1, -0.05) is 12.1 Å². The summed E-state index contributed by atoms with van der Waals surface area (Å²) in [6.45, 7) is 2.87. The number of hydrogen-bond donors (Lipinski definition) is 2. The van der Waals surface area contributed by atoms with E-state index in [0.717, 1.165) is 18.4 Å². The molecule has 1 aliphatic carbocycles. The molecule has 0 spiro atoms. The van der Waals surface area contributed by atoms with E-state index >= 15 is 0 Å². The molecule has 1 saturated heterocycles. The quantitative estimate of drug-likeness (QED) is 0.353. The smallest absolute Gasteiger partial charge is 0.264 e. The van der Waals surface area contributed by atoms with Crippen molar-refractivity contribution < 1.29 is 18.3 Å². The van der Waals surface area contributed by atoms with Crippen LogP contribution < -0.4 is 10.3 Å². The summed E-state index contributed by atoms with van der Waals surface area (Å²) < 4.78 is 31.0. The van der Waals surface area contributed by atoms with Gasteiger partial charge in [-0.25, -0.2) is 18.1 Å². The minimum absolute atomic E-state index is 0.0845. The van der Waals surface area contributed by atoms with E-state index in [4.69, 9.17) is 0 Å². The van der Waals surface area contributed by atoms with Gasteiger partial charge in [0.15, 0.2) is 5.65 Å². The first-order valence-electron chi connectivity index (χ1n) is 13.3. The number of sulfonamides is 1. The summed E-state index contributed by atoms with van der Waals surface area (Å²) in [4.78, 5) is 32.0. The van der Waals surface area contributed by atoms with Crippen LogP contribution in [0.4, 0.5) is 5.69 Å². The average molecular weight is 563 g/mol.